The second kappa shape index (κ2) is 18.1. The molecular weight excluding hydrogens is 1000 g/mol. The van der Waals surface area contributed by atoms with Gasteiger partial charge in [0, 0.05) is 56.5 Å². The monoisotopic (exact) mass is 1090 g/mol. The molecule has 2 aliphatic heterocycles. The van der Waals surface area contributed by atoms with E-state index in [9.17, 15) is 0 Å². The quantitative estimate of drug-likeness (QED) is 0.159. The van der Waals surface area contributed by atoms with Crippen molar-refractivity contribution in [3.63, 3.8) is 0 Å². The van der Waals surface area contributed by atoms with E-state index in [0.29, 0.717) is 0 Å². The van der Waals surface area contributed by atoms with E-state index in [0.717, 1.165) is 36.3 Å². The Morgan fingerprint density at radius 1 is 0.361 bits per heavy atom. The third kappa shape index (κ3) is 8.63. The highest BCUT2D eigenvalue weighted by molar-refractivity contribution is 7.00. The molecule has 0 radical (unpaired) electrons. The van der Waals surface area contributed by atoms with Gasteiger partial charge in [-0.1, -0.05) is 210 Å². The Morgan fingerprint density at radius 3 is 1.41 bits per heavy atom. The lowest BCUT2D eigenvalue weighted by atomic mass is 9.33. The summed E-state index contributed by atoms with van der Waals surface area (Å²) in [6.07, 6.45) is 4.66. The average Bonchev–Trinajstić information content (AvgIpc) is 1.25. The molecule has 0 N–H and O–H groups in total. The molecule has 83 heavy (non-hydrogen) atoms. The molecule has 3 aliphatic carbocycles. The number of fused-ring (bicyclic) bond motifs is 9. The Balaban J connectivity index is 1.16. The molecule has 3 nitrogen and oxygen atoms in total. The van der Waals surface area contributed by atoms with Crippen LogP contribution in [0.3, 0.4) is 0 Å². The number of anilines is 9. The van der Waals surface area contributed by atoms with Crippen LogP contribution in [0.2, 0.25) is 0 Å². The molecule has 2 heterocycles. The fourth-order valence-corrected chi connectivity index (χ4v) is 15.5. The number of nitrogens with zero attached hydrogens (tertiary/aromatic N) is 3. The van der Waals surface area contributed by atoms with Gasteiger partial charge in [-0.25, -0.2) is 0 Å². The van der Waals surface area contributed by atoms with Gasteiger partial charge in [0.2, 0.25) is 0 Å². The van der Waals surface area contributed by atoms with Gasteiger partial charge in [0.05, 0.1) is 5.69 Å². The predicted molar refractivity (Wildman–Crippen MR) is 359 cm³/mol. The Bertz CT molecular complexity index is 3900. The van der Waals surface area contributed by atoms with E-state index in [2.05, 4.69) is 298 Å². The van der Waals surface area contributed by atoms with Crippen LogP contribution in [0.15, 0.2) is 152 Å². The van der Waals surface area contributed by atoms with E-state index >= 15 is 0 Å². The van der Waals surface area contributed by atoms with Crippen molar-refractivity contribution in [3.8, 4) is 11.1 Å². The maximum Gasteiger partial charge on any atom is 0.252 e. The first-order chi connectivity index (χ1) is 38.8. The largest absolute Gasteiger partial charge is 0.311 e. The van der Waals surface area contributed by atoms with E-state index in [1.54, 1.807) is 0 Å². The topological polar surface area (TPSA) is 9.72 Å². The van der Waals surface area contributed by atoms with Crippen molar-refractivity contribution in [3.05, 3.63) is 202 Å². The average molecular weight is 1090 g/mol. The minimum absolute atomic E-state index is 0.00902. The van der Waals surface area contributed by atoms with Crippen LogP contribution in [0.4, 0.5) is 51.2 Å². The molecule has 5 aliphatic rings. The highest BCUT2D eigenvalue weighted by Gasteiger charge is 2.49. The second-order valence-electron chi connectivity index (χ2n) is 32.0. The molecule has 0 bridgehead atoms. The van der Waals surface area contributed by atoms with Crippen LogP contribution >= 0.6 is 0 Å². The Labute approximate surface area is 499 Å². The third-order valence-corrected chi connectivity index (χ3v) is 21.1. The van der Waals surface area contributed by atoms with Crippen LogP contribution in [0.5, 0.6) is 0 Å². The Kier molecular flexibility index (Phi) is 12.1. The van der Waals surface area contributed by atoms with E-state index in [-0.39, 0.29) is 50.0 Å². The molecule has 8 aromatic rings. The smallest absolute Gasteiger partial charge is 0.252 e. The molecule has 424 valence electrons. The van der Waals surface area contributed by atoms with Crippen molar-refractivity contribution < 1.29 is 0 Å². The Morgan fingerprint density at radius 2 is 0.843 bits per heavy atom. The fraction of sp³-hybridized carbons (Fsp3) is 0.392. The van der Waals surface area contributed by atoms with Crippen LogP contribution < -0.4 is 31.1 Å². The molecule has 0 unspecified atom stereocenters. The molecule has 0 spiro atoms. The first-order valence-electron chi connectivity index (χ1n) is 31.3. The molecule has 0 saturated carbocycles. The highest BCUT2D eigenvalue weighted by Crippen LogP contribution is 2.58. The summed E-state index contributed by atoms with van der Waals surface area (Å²) in [5.74, 6) is 0. The van der Waals surface area contributed by atoms with Crippen LogP contribution in [0.1, 0.15) is 207 Å². The maximum atomic E-state index is 2.74. The van der Waals surface area contributed by atoms with Crippen molar-refractivity contribution in [2.45, 2.75) is 201 Å². The van der Waals surface area contributed by atoms with Gasteiger partial charge in [0.1, 0.15) is 0 Å². The lowest BCUT2D eigenvalue weighted by molar-refractivity contribution is 0.332. The molecule has 13 rings (SSSR count). The normalized spacial score (nSPS) is 18.3. The van der Waals surface area contributed by atoms with E-state index in [1.807, 2.05) is 0 Å². The van der Waals surface area contributed by atoms with Crippen LogP contribution in [-0.2, 0) is 43.3 Å². The summed E-state index contributed by atoms with van der Waals surface area (Å²) in [6, 6.07) is 60.9. The van der Waals surface area contributed by atoms with Crippen molar-refractivity contribution in [1.82, 2.24) is 0 Å². The third-order valence-electron chi connectivity index (χ3n) is 21.1. The molecule has 8 aromatic carbocycles. The zero-order valence-electron chi connectivity index (χ0n) is 53.7. The first-order valence-corrected chi connectivity index (χ1v) is 31.3. The van der Waals surface area contributed by atoms with Gasteiger partial charge < -0.3 is 14.7 Å². The summed E-state index contributed by atoms with van der Waals surface area (Å²) in [4.78, 5) is 7.98. The maximum absolute atomic E-state index is 2.74. The molecular formula is C79H90BN3. The summed E-state index contributed by atoms with van der Waals surface area (Å²) in [5.41, 5.74) is 30.3. The molecule has 0 amide bonds. The Hall–Kier alpha value is -6.78. The van der Waals surface area contributed by atoms with Crippen LogP contribution in [0, 0.1) is 0 Å². The zero-order valence-corrected chi connectivity index (χ0v) is 53.7. The molecule has 0 saturated heterocycles. The SMILES string of the molecule is CC(C)(C)c1ccc(N(c2ccc(C(C)(C)C)cc2)c2ccc3c(c2)N(c2cccc4c2-c2ccccc2C4(C)C)c2cc(C(C)(C)C)cc4c2B3c2cc3c(cc2N4c2ccc4c(c2)C(C)(C)CCC4(C)C)C(C)(C)CCC3(C)C)cc1. The van der Waals surface area contributed by atoms with Crippen molar-refractivity contribution in [2.24, 2.45) is 0 Å². The van der Waals surface area contributed by atoms with E-state index in [1.165, 1.54) is 118 Å². The zero-order chi connectivity index (χ0) is 59.1. The van der Waals surface area contributed by atoms with Crippen LogP contribution in [-0.4, -0.2) is 6.71 Å². The molecule has 0 fully saturated rings. The summed E-state index contributed by atoms with van der Waals surface area (Å²) in [5, 5.41) is 0. The van der Waals surface area contributed by atoms with E-state index < -0.39 is 0 Å². The summed E-state index contributed by atoms with van der Waals surface area (Å²) < 4.78 is 0. The van der Waals surface area contributed by atoms with Crippen LogP contribution in [0.25, 0.3) is 11.1 Å². The van der Waals surface area contributed by atoms with Gasteiger partial charge in [-0.3, -0.25) is 0 Å². The van der Waals surface area contributed by atoms with Gasteiger partial charge in [-0.15, -0.1) is 0 Å². The first kappa shape index (κ1) is 55.4. The number of rotatable bonds is 5. The highest BCUT2D eigenvalue weighted by atomic mass is 15.2. The van der Waals surface area contributed by atoms with E-state index in [4.69, 9.17) is 0 Å². The van der Waals surface area contributed by atoms with Crippen molar-refractivity contribution in [1.29, 1.82) is 0 Å². The second-order valence-corrected chi connectivity index (χ2v) is 32.0. The van der Waals surface area contributed by atoms with Gasteiger partial charge >= 0.3 is 0 Å². The van der Waals surface area contributed by atoms with Gasteiger partial charge in [0.15, 0.2) is 0 Å². The van der Waals surface area contributed by atoms with Gasteiger partial charge in [-0.05, 0) is 208 Å². The lowest BCUT2D eigenvalue weighted by Gasteiger charge is -2.48. The number of hydrogen-bond acceptors (Lipinski definition) is 3. The summed E-state index contributed by atoms with van der Waals surface area (Å²) >= 11 is 0. The van der Waals surface area contributed by atoms with Gasteiger partial charge in [0.25, 0.3) is 6.71 Å². The van der Waals surface area contributed by atoms with Gasteiger partial charge in [-0.2, -0.15) is 0 Å². The fourth-order valence-electron chi connectivity index (χ4n) is 15.5. The standard InChI is InChI=1S/C79H90BN3/c1-72(2,3)49-27-31-52(32-28-49)81(53-33-29-50(30-34-53)73(4,5)6)55-36-38-63-66(46-55)83(65-26-22-25-59-70(65)56-23-20-21-24-57(56)79(59,18)19)69-44-51(74(7,8)9)43-68-71(69)80(63)64-47-61-62(78(16,17)42-41-77(61,14)15)48-67(64)82(68)54-35-37-58-60(45-54)76(12,13)40-39-75(58,10)11/h20-38,43-48H,39-42H2,1-19H3. The number of hydrogen-bond donors (Lipinski definition) is 0. The summed E-state index contributed by atoms with van der Waals surface area (Å²) in [7, 11) is 0. The predicted octanol–water partition coefficient (Wildman–Crippen LogP) is 20.1. The molecule has 4 heteroatoms. The van der Waals surface area contributed by atoms with Crippen molar-refractivity contribution >= 4 is 74.3 Å². The molecule has 0 atom stereocenters. The minimum atomic E-state index is -0.183. The molecule has 0 aromatic heterocycles. The van der Waals surface area contributed by atoms with Crippen molar-refractivity contribution in [2.75, 3.05) is 14.7 Å². The number of benzene rings is 8. The lowest BCUT2D eigenvalue weighted by Crippen LogP contribution is -2.62. The summed E-state index contributed by atoms with van der Waals surface area (Å²) in [6.45, 7) is 45.8. The minimum Gasteiger partial charge on any atom is -0.311 e.